The van der Waals surface area contributed by atoms with Gasteiger partial charge in [-0.3, -0.25) is 4.90 Å². The summed E-state index contributed by atoms with van der Waals surface area (Å²) in [5, 5.41) is 10.0. The van der Waals surface area contributed by atoms with Gasteiger partial charge in [0.15, 0.2) is 0 Å². The molecule has 4 rings (SSSR count). The fourth-order valence-electron chi connectivity index (χ4n) is 4.36. The van der Waals surface area contributed by atoms with E-state index in [-0.39, 0.29) is 24.9 Å². The van der Waals surface area contributed by atoms with Crippen molar-refractivity contribution < 1.29 is 14.6 Å². The molecule has 0 saturated carbocycles. The van der Waals surface area contributed by atoms with Crippen LogP contribution in [0.5, 0.6) is 0 Å². The summed E-state index contributed by atoms with van der Waals surface area (Å²) in [6.07, 6.45) is 2.17. The van der Waals surface area contributed by atoms with Crippen LogP contribution in [0, 0.1) is 0 Å². The molecule has 0 aromatic heterocycles. The molecule has 2 aliphatic rings. The largest absolute Gasteiger partial charge is 0.395 e. The number of aliphatic hydroxyl groups excluding tert-OH is 1. The van der Waals surface area contributed by atoms with Crippen LogP contribution in [-0.4, -0.2) is 47.4 Å². The molecular weight excluding hydrogens is 326 g/mol. The van der Waals surface area contributed by atoms with Crippen molar-refractivity contribution in [3.05, 3.63) is 71.8 Å². The van der Waals surface area contributed by atoms with Gasteiger partial charge in [0.05, 0.1) is 25.9 Å². The SMILES string of the molecule is OC[C@@H]1[C@@H](OCc2ccccc2)[C@H](OCc2ccccc2)[C@@H]2CCCN12. The normalized spacial score (nSPS) is 28.3. The second kappa shape index (κ2) is 8.31. The monoisotopic (exact) mass is 353 g/mol. The van der Waals surface area contributed by atoms with E-state index >= 15 is 0 Å². The van der Waals surface area contributed by atoms with Crippen LogP contribution in [0.4, 0.5) is 0 Å². The maximum Gasteiger partial charge on any atom is 0.103 e. The van der Waals surface area contributed by atoms with Gasteiger partial charge in [-0.2, -0.15) is 0 Å². The minimum atomic E-state index is -0.103. The summed E-state index contributed by atoms with van der Waals surface area (Å²) < 4.78 is 12.7. The van der Waals surface area contributed by atoms with Crippen molar-refractivity contribution in [2.24, 2.45) is 0 Å². The van der Waals surface area contributed by atoms with E-state index in [0.29, 0.717) is 19.3 Å². The number of fused-ring (bicyclic) bond motifs is 1. The fourth-order valence-corrected chi connectivity index (χ4v) is 4.36. The van der Waals surface area contributed by atoms with Crippen LogP contribution in [0.25, 0.3) is 0 Å². The van der Waals surface area contributed by atoms with E-state index in [4.69, 9.17) is 9.47 Å². The number of benzene rings is 2. The minimum absolute atomic E-state index is 0.00133. The highest BCUT2D eigenvalue weighted by molar-refractivity contribution is 5.15. The van der Waals surface area contributed by atoms with Crippen molar-refractivity contribution in [1.29, 1.82) is 0 Å². The van der Waals surface area contributed by atoms with Gasteiger partial charge in [0, 0.05) is 6.04 Å². The number of rotatable bonds is 7. The molecule has 2 saturated heterocycles. The quantitative estimate of drug-likeness (QED) is 0.831. The molecule has 2 aromatic carbocycles. The Kier molecular flexibility index (Phi) is 5.65. The Morgan fingerprint density at radius 1 is 0.846 bits per heavy atom. The van der Waals surface area contributed by atoms with E-state index in [2.05, 4.69) is 29.2 Å². The molecule has 4 heteroatoms. The second-order valence-corrected chi connectivity index (χ2v) is 7.22. The molecule has 0 bridgehead atoms. The summed E-state index contributed by atoms with van der Waals surface area (Å²) in [5.74, 6) is 0. The highest BCUT2D eigenvalue weighted by Crippen LogP contribution is 2.37. The summed E-state index contributed by atoms with van der Waals surface area (Å²) in [6.45, 7) is 2.26. The third-order valence-corrected chi connectivity index (χ3v) is 5.61. The Balaban J connectivity index is 1.47. The molecule has 4 atom stereocenters. The Hall–Kier alpha value is -1.72. The average Bonchev–Trinajstić information content (AvgIpc) is 3.27. The van der Waals surface area contributed by atoms with E-state index in [1.807, 2.05) is 36.4 Å². The van der Waals surface area contributed by atoms with Crippen LogP contribution >= 0.6 is 0 Å². The van der Waals surface area contributed by atoms with Gasteiger partial charge >= 0.3 is 0 Å². The Bertz CT molecular complexity index is 635. The summed E-state index contributed by atoms with van der Waals surface area (Å²) in [5.41, 5.74) is 2.32. The Morgan fingerprint density at radius 2 is 1.42 bits per heavy atom. The lowest BCUT2D eigenvalue weighted by Gasteiger charge is -2.26. The van der Waals surface area contributed by atoms with Crippen molar-refractivity contribution in [2.75, 3.05) is 13.2 Å². The zero-order valence-corrected chi connectivity index (χ0v) is 15.0. The van der Waals surface area contributed by atoms with Crippen molar-refractivity contribution in [2.45, 2.75) is 50.3 Å². The molecule has 0 amide bonds. The first kappa shape index (κ1) is 17.7. The molecule has 4 nitrogen and oxygen atoms in total. The van der Waals surface area contributed by atoms with E-state index in [1.165, 1.54) is 5.56 Å². The number of aliphatic hydroxyl groups is 1. The number of hydrogen-bond acceptors (Lipinski definition) is 4. The Morgan fingerprint density at radius 3 is 2.00 bits per heavy atom. The van der Waals surface area contributed by atoms with Gasteiger partial charge < -0.3 is 14.6 Å². The lowest BCUT2D eigenvalue weighted by Crippen LogP contribution is -2.41. The molecule has 138 valence electrons. The predicted octanol–water partition coefficient (Wildman–Crippen LogP) is 3.00. The number of nitrogens with zero attached hydrogens (tertiary/aromatic N) is 1. The summed E-state index contributed by atoms with van der Waals surface area (Å²) in [6, 6.07) is 20.8. The third kappa shape index (κ3) is 3.69. The first-order valence-electron chi connectivity index (χ1n) is 9.54. The number of ether oxygens (including phenoxy) is 2. The second-order valence-electron chi connectivity index (χ2n) is 7.22. The summed E-state index contributed by atoms with van der Waals surface area (Å²) in [4.78, 5) is 2.39. The van der Waals surface area contributed by atoms with Crippen molar-refractivity contribution >= 4 is 0 Å². The minimum Gasteiger partial charge on any atom is -0.395 e. The van der Waals surface area contributed by atoms with Gasteiger partial charge in [0.2, 0.25) is 0 Å². The van der Waals surface area contributed by atoms with Gasteiger partial charge in [-0.05, 0) is 30.5 Å². The fraction of sp³-hybridized carbons (Fsp3) is 0.455. The molecule has 2 aliphatic heterocycles. The first-order valence-corrected chi connectivity index (χ1v) is 9.54. The van der Waals surface area contributed by atoms with Crippen LogP contribution in [-0.2, 0) is 22.7 Å². The smallest absolute Gasteiger partial charge is 0.103 e. The zero-order chi connectivity index (χ0) is 17.8. The maximum absolute atomic E-state index is 10.0. The zero-order valence-electron chi connectivity index (χ0n) is 15.0. The van der Waals surface area contributed by atoms with Gasteiger partial charge in [-0.15, -0.1) is 0 Å². The van der Waals surface area contributed by atoms with Crippen LogP contribution in [0.2, 0.25) is 0 Å². The van der Waals surface area contributed by atoms with Gasteiger partial charge in [0.1, 0.15) is 12.2 Å². The van der Waals surface area contributed by atoms with Crippen LogP contribution in [0.15, 0.2) is 60.7 Å². The molecule has 0 unspecified atom stereocenters. The molecule has 1 N–H and O–H groups in total. The van der Waals surface area contributed by atoms with E-state index < -0.39 is 0 Å². The first-order chi connectivity index (χ1) is 12.9. The molecule has 2 aromatic rings. The van der Waals surface area contributed by atoms with Crippen LogP contribution in [0.3, 0.4) is 0 Å². The van der Waals surface area contributed by atoms with Gasteiger partial charge in [0.25, 0.3) is 0 Å². The molecule has 0 spiro atoms. The van der Waals surface area contributed by atoms with Crippen LogP contribution < -0.4 is 0 Å². The summed E-state index contributed by atoms with van der Waals surface area (Å²) in [7, 11) is 0. The van der Waals surface area contributed by atoms with Crippen molar-refractivity contribution in [3.8, 4) is 0 Å². The maximum atomic E-state index is 10.0. The summed E-state index contributed by atoms with van der Waals surface area (Å²) >= 11 is 0. The van der Waals surface area contributed by atoms with Gasteiger partial charge in [-0.1, -0.05) is 60.7 Å². The molecular formula is C22H27NO3. The molecule has 0 aliphatic carbocycles. The van der Waals surface area contributed by atoms with Crippen molar-refractivity contribution in [3.63, 3.8) is 0 Å². The third-order valence-electron chi connectivity index (χ3n) is 5.61. The van der Waals surface area contributed by atoms with E-state index in [1.54, 1.807) is 0 Å². The lowest BCUT2D eigenvalue weighted by atomic mass is 10.0. The van der Waals surface area contributed by atoms with E-state index in [9.17, 15) is 5.11 Å². The highest BCUT2D eigenvalue weighted by atomic mass is 16.5. The molecule has 2 fully saturated rings. The Labute approximate surface area is 155 Å². The van der Waals surface area contributed by atoms with E-state index in [0.717, 1.165) is 24.9 Å². The average molecular weight is 353 g/mol. The van der Waals surface area contributed by atoms with Gasteiger partial charge in [-0.25, -0.2) is 0 Å². The lowest BCUT2D eigenvalue weighted by molar-refractivity contribution is -0.0836. The predicted molar refractivity (Wildman–Crippen MR) is 101 cm³/mol. The number of hydrogen-bond donors (Lipinski definition) is 1. The molecule has 26 heavy (non-hydrogen) atoms. The highest BCUT2D eigenvalue weighted by Gasteiger charge is 2.51. The topological polar surface area (TPSA) is 41.9 Å². The molecule has 2 heterocycles. The standard InChI is InChI=1S/C22H27NO3/c24-14-20-22(26-16-18-10-5-2-6-11-18)21(19-12-7-13-23(19)20)25-15-17-8-3-1-4-9-17/h1-6,8-11,19-22,24H,7,12-16H2/t19-,20+,21+,22+/m0/s1. The molecule has 0 radical (unpaired) electrons. The van der Waals surface area contributed by atoms with Crippen LogP contribution in [0.1, 0.15) is 24.0 Å². The van der Waals surface area contributed by atoms with Crippen molar-refractivity contribution in [1.82, 2.24) is 4.90 Å².